The molecule has 2 aromatic carbocycles. The number of rotatable bonds is 4. The normalized spacial score (nSPS) is 14.3. The quantitative estimate of drug-likeness (QED) is 0.904. The minimum absolute atomic E-state index is 0.498. The number of carbonyl (C=O) groups is 1. The molecule has 5 nitrogen and oxygen atoms in total. The zero-order valence-corrected chi connectivity index (χ0v) is 11.3. The molecule has 3 rings (SSSR count). The minimum Gasteiger partial charge on any atom is -0.486 e. The summed E-state index contributed by atoms with van der Waals surface area (Å²) in [6.45, 7) is 1.03. The Kier molecular flexibility index (Phi) is 3.64. The van der Waals surface area contributed by atoms with E-state index in [9.17, 15) is 9.90 Å². The molecule has 0 aliphatic carbocycles. The lowest BCUT2D eigenvalue weighted by atomic mass is 10.1. The van der Waals surface area contributed by atoms with E-state index in [0.29, 0.717) is 36.0 Å². The molecule has 1 aliphatic rings. The number of fused-ring (bicyclic) bond motifs is 1. The van der Waals surface area contributed by atoms with Crippen LogP contribution in [0.1, 0.15) is 11.6 Å². The Hall–Kier alpha value is -2.69. The lowest BCUT2D eigenvalue weighted by Gasteiger charge is -2.21. The second-order valence-electron chi connectivity index (χ2n) is 4.68. The summed E-state index contributed by atoms with van der Waals surface area (Å²) in [5, 5.41) is 12.4. The molecule has 0 fully saturated rings. The van der Waals surface area contributed by atoms with Gasteiger partial charge in [-0.15, -0.1) is 0 Å². The highest BCUT2D eigenvalue weighted by Crippen LogP contribution is 2.33. The molecule has 0 spiro atoms. The van der Waals surface area contributed by atoms with Crippen LogP contribution in [0.2, 0.25) is 0 Å². The fourth-order valence-corrected chi connectivity index (χ4v) is 2.23. The first-order chi connectivity index (χ1) is 10.2. The van der Waals surface area contributed by atoms with Crippen molar-refractivity contribution in [2.45, 2.75) is 6.04 Å². The van der Waals surface area contributed by atoms with Crippen LogP contribution in [0.3, 0.4) is 0 Å². The van der Waals surface area contributed by atoms with Gasteiger partial charge >= 0.3 is 5.97 Å². The van der Waals surface area contributed by atoms with Gasteiger partial charge in [0.2, 0.25) is 0 Å². The highest BCUT2D eigenvalue weighted by molar-refractivity contribution is 5.79. The molecule has 0 aromatic heterocycles. The summed E-state index contributed by atoms with van der Waals surface area (Å²) in [6, 6.07) is 13.6. The van der Waals surface area contributed by atoms with Gasteiger partial charge in [0.15, 0.2) is 17.5 Å². The van der Waals surface area contributed by atoms with E-state index in [1.54, 1.807) is 30.3 Å². The standard InChI is InChI=1S/C16H15NO4/c18-16(19)15(11-4-2-1-3-5-11)17-12-6-7-13-14(10-12)21-9-8-20-13/h1-7,10,15,17H,8-9H2,(H,18,19). The Labute approximate surface area is 122 Å². The van der Waals surface area contributed by atoms with Crippen LogP contribution in [0.15, 0.2) is 48.5 Å². The van der Waals surface area contributed by atoms with Gasteiger partial charge in [-0.05, 0) is 17.7 Å². The maximum absolute atomic E-state index is 11.5. The first-order valence-corrected chi connectivity index (χ1v) is 6.68. The van der Waals surface area contributed by atoms with Crippen LogP contribution in [-0.2, 0) is 4.79 Å². The highest BCUT2D eigenvalue weighted by Gasteiger charge is 2.20. The molecule has 0 saturated heterocycles. The van der Waals surface area contributed by atoms with Crippen molar-refractivity contribution in [3.63, 3.8) is 0 Å². The van der Waals surface area contributed by atoms with Gasteiger partial charge in [0.05, 0.1) is 0 Å². The van der Waals surface area contributed by atoms with Gasteiger partial charge in [-0.3, -0.25) is 0 Å². The fraction of sp³-hybridized carbons (Fsp3) is 0.188. The number of hydrogen-bond acceptors (Lipinski definition) is 4. The number of nitrogens with one attached hydrogen (secondary N) is 1. The zero-order valence-electron chi connectivity index (χ0n) is 11.3. The van der Waals surface area contributed by atoms with Crippen LogP contribution >= 0.6 is 0 Å². The summed E-state index contributed by atoms with van der Waals surface area (Å²) in [5.74, 6) is 0.373. The maximum atomic E-state index is 11.5. The van der Waals surface area contributed by atoms with Gasteiger partial charge in [0.1, 0.15) is 13.2 Å². The number of benzene rings is 2. The Bertz CT molecular complexity index is 642. The van der Waals surface area contributed by atoms with Gasteiger partial charge < -0.3 is 19.9 Å². The molecule has 108 valence electrons. The van der Waals surface area contributed by atoms with Crippen molar-refractivity contribution in [3.8, 4) is 11.5 Å². The van der Waals surface area contributed by atoms with Crippen LogP contribution in [0, 0.1) is 0 Å². The SMILES string of the molecule is O=C(O)C(Nc1ccc2c(c1)OCCO2)c1ccccc1. The third-order valence-electron chi connectivity index (χ3n) is 3.23. The Morgan fingerprint density at radius 2 is 1.76 bits per heavy atom. The number of aliphatic carboxylic acids is 1. The van der Waals surface area contributed by atoms with Crippen LogP contribution < -0.4 is 14.8 Å². The van der Waals surface area contributed by atoms with Crippen LogP contribution in [-0.4, -0.2) is 24.3 Å². The topological polar surface area (TPSA) is 67.8 Å². The molecular formula is C16H15NO4. The molecule has 1 unspecified atom stereocenters. The van der Waals surface area contributed by atoms with Crippen molar-refractivity contribution in [1.82, 2.24) is 0 Å². The van der Waals surface area contributed by atoms with Crippen molar-refractivity contribution in [2.75, 3.05) is 18.5 Å². The summed E-state index contributed by atoms with van der Waals surface area (Å²) in [5.41, 5.74) is 1.37. The van der Waals surface area contributed by atoms with E-state index in [2.05, 4.69) is 5.32 Å². The average molecular weight is 285 g/mol. The predicted molar refractivity (Wildman–Crippen MR) is 77.9 cm³/mol. The molecule has 2 aromatic rings. The minimum atomic E-state index is -0.934. The third-order valence-corrected chi connectivity index (χ3v) is 3.23. The van der Waals surface area contributed by atoms with Gasteiger partial charge in [-0.25, -0.2) is 4.79 Å². The van der Waals surface area contributed by atoms with E-state index in [-0.39, 0.29) is 0 Å². The van der Waals surface area contributed by atoms with Gasteiger partial charge in [-0.2, -0.15) is 0 Å². The molecule has 21 heavy (non-hydrogen) atoms. The molecule has 0 radical (unpaired) electrons. The first-order valence-electron chi connectivity index (χ1n) is 6.68. The van der Waals surface area contributed by atoms with Crippen LogP contribution in [0.4, 0.5) is 5.69 Å². The molecular weight excluding hydrogens is 270 g/mol. The number of hydrogen-bond donors (Lipinski definition) is 2. The zero-order chi connectivity index (χ0) is 14.7. The number of ether oxygens (including phenoxy) is 2. The summed E-state index contributed by atoms with van der Waals surface area (Å²) in [4.78, 5) is 11.5. The Morgan fingerprint density at radius 3 is 2.48 bits per heavy atom. The summed E-state index contributed by atoms with van der Waals surface area (Å²) >= 11 is 0. The van der Waals surface area contributed by atoms with E-state index in [4.69, 9.17) is 9.47 Å². The molecule has 0 amide bonds. The number of anilines is 1. The van der Waals surface area contributed by atoms with Crippen molar-refractivity contribution >= 4 is 11.7 Å². The largest absolute Gasteiger partial charge is 0.486 e. The fourth-order valence-electron chi connectivity index (χ4n) is 2.23. The Balaban J connectivity index is 1.85. The molecule has 2 N–H and O–H groups in total. The van der Waals surface area contributed by atoms with Gasteiger partial charge in [-0.1, -0.05) is 30.3 Å². The van der Waals surface area contributed by atoms with Crippen molar-refractivity contribution in [1.29, 1.82) is 0 Å². The highest BCUT2D eigenvalue weighted by atomic mass is 16.6. The third kappa shape index (κ3) is 2.91. The lowest BCUT2D eigenvalue weighted by Crippen LogP contribution is -2.21. The summed E-state index contributed by atoms with van der Waals surface area (Å²) in [6.07, 6.45) is 0. The summed E-state index contributed by atoms with van der Waals surface area (Å²) in [7, 11) is 0. The molecule has 1 atom stereocenters. The molecule has 0 saturated carbocycles. The molecule has 5 heteroatoms. The van der Waals surface area contributed by atoms with Gasteiger partial charge in [0, 0.05) is 11.8 Å². The first kappa shape index (κ1) is 13.3. The number of carboxylic acids is 1. The number of carboxylic acid groups (broad SMARTS) is 1. The van der Waals surface area contributed by atoms with Crippen LogP contribution in [0.25, 0.3) is 0 Å². The van der Waals surface area contributed by atoms with E-state index in [0.717, 1.165) is 0 Å². The van der Waals surface area contributed by atoms with Crippen molar-refractivity contribution in [3.05, 3.63) is 54.1 Å². The van der Waals surface area contributed by atoms with Gasteiger partial charge in [0.25, 0.3) is 0 Å². The van der Waals surface area contributed by atoms with E-state index >= 15 is 0 Å². The van der Waals surface area contributed by atoms with Crippen molar-refractivity contribution < 1.29 is 19.4 Å². The van der Waals surface area contributed by atoms with E-state index in [1.165, 1.54) is 0 Å². The maximum Gasteiger partial charge on any atom is 0.330 e. The smallest absolute Gasteiger partial charge is 0.330 e. The summed E-state index contributed by atoms with van der Waals surface area (Å²) < 4.78 is 10.9. The average Bonchev–Trinajstić information content (AvgIpc) is 2.53. The predicted octanol–water partition coefficient (Wildman–Crippen LogP) is 2.70. The molecule has 1 heterocycles. The Morgan fingerprint density at radius 1 is 1.05 bits per heavy atom. The van der Waals surface area contributed by atoms with Crippen molar-refractivity contribution in [2.24, 2.45) is 0 Å². The second-order valence-corrected chi connectivity index (χ2v) is 4.68. The van der Waals surface area contributed by atoms with Crippen LogP contribution in [0.5, 0.6) is 11.5 Å². The second kappa shape index (κ2) is 5.75. The molecule has 1 aliphatic heterocycles. The van der Waals surface area contributed by atoms with E-state index < -0.39 is 12.0 Å². The molecule has 0 bridgehead atoms. The monoisotopic (exact) mass is 285 g/mol. The lowest BCUT2D eigenvalue weighted by molar-refractivity contribution is -0.138. The van der Waals surface area contributed by atoms with E-state index in [1.807, 2.05) is 18.2 Å².